The highest BCUT2D eigenvalue weighted by Crippen LogP contribution is 2.22. The smallest absolute Gasteiger partial charge is 0.191 e. The van der Waals surface area contributed by atoms with E-state index in [0.717, 1.165) is 29.3 Å². The van der Waals surface area contributed by atoms with Crippen LogP contribution in [0.15, 0.2) is 20.9 Å². The van der Waals surface area contributed by atoms with E-state index in [2.05, 4.69) is 64.5 Å². The van der Waals surface area contributed by atoms with Crippen LogP contribution in [-0.2, 0) is 6.54 Å². The largest absolute Gasteiger partial charge is 0.357 e. The molecule has 0 aliphatic carbocycles. The molecule has 3 nitrogen and oxygen atoms in total. The van der Waals surface area contributed by atoms with E-state index in [1.165, 1.54) is 4.88 Å². The Hall–Kier alpha value is 0.180. The summed E-state index contributed by atoms with van der Waals surface area (Å²) in [5.41, 5.74) is 0. The first-order valence-corrected chi connectivity index (χ1v) is 7.55. The van der Waals surface area contributed by atoms with Gasteiger partial charge in [-0.1, -0.05) is 6.92 Å². The summed E-state index contributed by atoms with van der Waals surface area (Å²) in [6, 6.07) is 4.61. The van der Waals surface area contributed by atoms with Crippen molar-refractivity contribution in [3.63, 3.8) is 0 Å². The molecule has 0 fully saturated rings. The Balaban J connectivity index is 0.00000289. The van der Waals surface area contributed by atoms with Crippen LogP contribution in [0, 0.1) is 0 Å². The van der Waals surface area contributed by atoms with Crippen molar-refractivity contribution in [1.82, 2.24) is 10.6 Å². The third kappa shape index (κ3) is 6.94. The average molecular weight is 446 g/mol. The molecule has 0 radical (unpaired) electrons. The molecule has 0 bridgehead atoms. The van der Waals surface area contributed by atoms with Crippen molar-refractivity contribution in [2.24, 2.45) is 4.99 Å². The molecule has 104 valence electrons. The van der Waals surface area contributed by atoms with Gasteiger partial charge in [0.1, 0.15) is 0 Å². The minimum atomic E-state index is 0. The molecule has 0 aliphatic heterocycles. The van der Waals surface area contributed by atoms with Crippen LogP contribution < -0.4 is 10.6 Å². The standard InChI is InChI=1S/C12H20BrN3S.HI/c1-4-9(3)16-12(14-5-2)15-8-10-6-7-11(13)17-10;/h6-7,9H,4-5,8H2,1-3H3,(H2,14,15,16);1H. The van der Waals surface area contributed by atoms with Crippen molar-refractivity contribution >= 4 is 57.2 Å². The monoisotopic (exact) mass is 445 g/mol. The second-order valence-corrected chi connectivity index (χ2v) is 6.40. The van der Waals surface area contributed by atoms with Gasteiger partial charge in [-0.25, -0.2) is 4.99 Å². The lowest BCUT2D eigenvalue weighted by atomic mass is 10.3. The van der Waals surface area contributed by atoms with E-state index in [9.17, 15) is 0 Å². The van der Waals surface area contributed by atoms with Crippen LogP contribution >= 0.6 is 51.2 Å². The maximum atomic E-state index is 4.57. The lowest BCUT2D eigenvalue weighted by molar-refractivity contribution is 0.624. The highest BCUT2D eigenvalue weighted by atomic mass is 127. The summed E-state index contributed by atoms with van der Waals surface area (Å²) in [5.74, 6) is 0.895. The third-order valence-electron chi connectivity index (χ3n) is 2.36. The number of rotatable bonds is 5. The zero-order valence-corrected chi connectivity index (χ0v) is 15.7. The molecule has 1 unspecified atom stereocenters. The second kappa shape index (κ2) is 10.0. The molecule has 1 heterocycles. The SMILES string of the molecule is CCNC(=NCc1ccc(Br)s1)NC(C)CC.I. The van der Waals surface area contributed by atoms with E-state index >= 15 is 0 Å². The number of nitrogens with one attached hydrogen (secondary N) is 2. The fraction of sp³-hybridized carbons (Fsp3) is 0.583. The zero-order chi connectivity index (χ0) is 12.7. The molecule has 0 aromatic carbocycles. The van der Waals surface area contributed by atoms with Gasteiger partial charge in [0.25, 0.3) is 0 Å². The molecule has 1 atom stereocenters. The Labute approximate surface area is 139 Å². The number of aliphatic imine (C=N–C) groups is 1. The number of hydrogen-bond acceptors (Lipinski definition) is 2. The van der Waals surface area contributed by atoms with Gasteiger partial charge >= 0.3 is 0 Å². The van der Waals surface area contributed by atoms with E-state index in [-0.39, 0.29) is 24.0 Å². The first-order chi connectivity index (χ1) is 8.15. The van der Waals surface area contributed by atoms with Crippen LogP contribution in [0.3, 0.4) is 0 Å². The Morgan fingerprint density at radius 3 is 2.67 bits per heavy atom. The van der Waals surface area contributed by atoms with Crippen LogP contribution in [0.25, 0.3) is 0 Å². The van der Waals surface area contributed by atoms with E-state index < -0.39 is 0 Å². The van der Waals surface area contributed by atoms with Gasteiger partial charge in [0.15, 0.2) is 5.96 Å². The van der Waals surface area contributed by atoms with Gasteiger partial charge < -0.3 is 10.6 Å². The van der Waals surface area contributed by atoms with Crippen molar-refractivity contribution in [2.75, 3.05) is 6.54 Å². The second-order valence-electron chi connectivity index (χ2n) is 3.85. The van der Waals surface area contributed by atoms with Crippen molar-refractivity contribution in [1.29, 1.82) is 0 Å². The van der Waals surface area contributed by atoms with Gasteiger partial charge in [-0.2, -0.15) is 0 Å². The van der Waals surface area contributed by atoms with Crippen molar-refractivity contribution < 1.29 is 0 Å². The Bertz CT molecular complexity index is 368. The van der Waals surface area contributed by atoms with Crippen molar-refractivity contribution in [3.8, 4) is 0 Å². The summed E-state index contributed by atoms with van der Waals surface area (Å²) < 4.78 is 1.16. The summed E-state index contributed by atoms with van der Waals surface area (Å²) in [5, 5.41) is 6.63. The number of guanidine groups is 1. The van der Waals surface area contributed by atoms with Gasteiger partial charge in [0.05, 0.1) is 10.3 Å². The topological polar surface area (TPSA) is 36.4 Å². The first kappa shape index (κ1) is 18.2. The average Bonchev–Trinajstić information content (AvgIpc) is 2.72. The summed E-state index contributed by atoms with van der Waals surface area (Å²) in [7, 11) is 0. The molecular formula is C12H21BrIN3S. The summed E-state index contributed by atoms with van der Waals surface area (Å²) in [4.78, 5) is 5.83. The molecule has 0 saturated carbocycles. The van der Waals surface area contributed by atoms with E-state index in [0.29, 0.717) is 6.04 Å². The molecule has 2 N–H and O–H groups in total. The molecule has 1 rings (SSSR count). The molecule has 0 aliphatic rings. The normalized spacial score (nSPS) is 12.8. The molecule has 0 amide bonds. The number of nitrogens with zero attached hydrogens (tertiary/aromatic N) is 1. The summed E-state index contributed by atoms with van der Waals surface area (Å²) in [6.45, 7) is 8.01. The first-order valence-electron chi connectivity index (χ1n) is 5.94. The van der Waals surface area contributed by atoms with Crippen LogP contribution in [0.5, 0.6) is 0 Å². The minimum Gasteiger partial charge on any atom is -0.357 e. The Morgan fingerprint density at radius 2 is 2.17 bits per heavy atom. The molecule has 0 spiro atoms. The highest BCUT2D eigenvalue weighted by molar-refractivity contribution is 14.0. The Kier molecular flexibility index (Phi) is 10.1. The van der Waals surface area contributed by atoms with Crippen LogP contribution in [0.1, 0.15) is 32.1 Å². The third-order valence-corrected chi connectivity index (χ3v) is 3.97. The van der Waals surface area contributed by atoms with Gasteiger partial charge in [-0.15, -0.1) is 35.3 Å². The lowest BCUT2D eigenvalue weighted by Gasteiger charge is -2.15. The molecule has 6 heteroatoms. The lowest BCUT2D eigenvalue weighted by Crippen LogP contribution is -2.41. The fourth-order valence-corrected chi connectivity index (χ4v) is 2.66. The predicted molar refractivity (Wildman–Crippen MR) is 95.1 cm³/mol. The van der Waals surface area contributed by atoms with Gasteiger partial charge in [0.2, 0.25) is 0 Å². The fourth-order valence-electron chi connectivity index (χ4n) is 1.25. The van der Waals surface area contributed by atoms with E-state index in [1.54, 1.807) is 11.3 Å². The van der Waals surface area contributed by atoms with Crippen molar-refractivity contribution in [2.45, 2.75) is 39.8 Å². The minimum absolute atomic E-state index is 0. The summed E-state index contributed by atoms with van der Waals surface area (Å²) >= 11 is 5.19. The van der Waals surface area contributed by atoms with Crippen LogP contribution in [0.2, 0.25) is 0 Å². The molecule has 18 heavy (non-hydrogen) atoms. The Morgan fingerprint density at radius 1 is 1.44 bits per heavy atom. The van der Waals surface area contributed by atoms with Crippen molar-refractivity contribution in [3.05, 3.63) is 20.8 Å². The van der Waals surface area contributed by atoms with Gasteiger partial charge in [-0.3, -0.25) is 0 Å². The quantitative estimate of drug-likeness (QED) is 0.408. The van der Waals surface area contributed by atoms with Gasteiger partial charge in [-0.05, 0) is 48.3 Å². The number of hydrogen-bond donors (Lipinski definition) is 2. The molecule has 1 aromatic heterocycles. The predicted octanol–water partition coefficient (Wildman–Crippen LogP) is 3.98. The van der Waals surface area contributed by atoms with Crippen LogP contribution in [0.4, 0.5) is 0 Å². The number of thiophene rings is 1. The summed E-state index contributed by atoms with van der Waals surface area (Å²) in [6.07, 6.45) is 1.09. The maximum absolute atomic E-state index is 4.57. The zero-order valence-electron chi connectivity index (χ0n) is 11.0. The van der Waals surface area contributed by atoms with Crippen LogP contribution in [-0.4, -0.2) is 18.5 Å². The van der Waals surface area contributed by atoms with E-state index in [4.69, 9.17) is 0 Å². The molecule has 1 aromatic rings. The van der Waals surface area contributed by atoms with E-state index in [1.807, 2.05) is 0 Å². The highest BCUT2D eigenvalue weighted by Gasteiger charge is 2.03. The maximum Gasteiger partial charge on any atom is 0.191 e. The van der Waals surface area contributed by atoms with Gasteiger partial charge in [0, 0.05) is 17.5 Å². The molecular weight excluding hydrogens is 425 g/mol. The molecule has 0 saturated heterocycles. The number of halogens is 2.